The average molecular weight is 678 g/mol. The summed E-state index contributed by atoms with van der Waals surface area (Å²) in [6.45, 7) is 6.97. The van der Waals surface area contributed by atoms with Crippen molar-refractivity contribution in [2.75, 3.05) is 0 Å². The zero-order chi connectivity index (χ0) is 30.3. The summed E-state index contributed by atoms with van der Waals surface area (Å²) in [5.74, 6) is -0.140. The van der Waals surface area contributed by atoms with Crippen LogP contribution in [0.4, 0.5) is 26.3 Å². The zero-order valence-corrected chi connectivity index (χ0v) is 25.6. The summed E-state index contributed by atoms with van der Waals surface area (Å²) in [5.41, 5.74) is -0.584. The van der Waals surface area contributed by atoms with Crippen LogP contribution in [0, 0.1) is 0 Å². The maximum Gasteiger partial charge on any atom is 0.415 e. The summed E-state index contributed by atoms with van der Waals surface area (Å²) in [6, 6.07) is 6.00. The molecule has 0 saturated heterocycles. The summed E-state index contributed by atoms with van der Waals surface area (Å²) < 4.78 is 89.0. The van der Waals surface area contributed by atoms with Crippen LogP contribution in [0.2, 0.25) is 23.2 Å². The van der Waals surface area contributed by atoms with Gasteiger partial charge in [-0.3, -0.25) is 4.57 Å². The highest BCUT2D eigenvalue weighted by Crippen LogP contribution is 2.40. The minimum Gasteiger partial charge on any atom is -0.404 e. The molecule has 1 aromatic carbocycles. The standard InChI is InChI=1S/C23H28BrClF6N6O2Si/c1-21(2,3)40(4,5)39-16(23(29,30)31)12-35-18(14-6-8-15(25)9-7-14)34-37(20(35)38)13-17-32-19(24)36(33-17)11-10-22(26,27)28/h6-9,16H,10-13H2,1-5H3. The molecule has 2 aromatic heterocycles. The van der Waals surface area contributed by atoms with Gasteiger partial charge in [-0.05, 0) is 58.3 Å². The number of alkyl halides is 6. The molecule has 0 aliphatic rings. The van der Waals surface area contributed by atoms with E-state index in [1.165, 1.54) is 24.3 Å². The Labute approximate surface area is 240 Å². The van der Waals surface area contributed by atoms with Gasteiger partial charge in [0, 0.05) is 10.6 Å². The molecule has 0 spiro atoms. The number of hydrogen-bond acceptors (Lipinski definition) is 5. The Kier molecular flexibility index (Phi) is 9.38. The monoisotopic (exact) mass is 676 g/mol. The molecule has 3 rings (SSSR count). The van der Waals surface area contributed by atoms with Gasteiger partial charge in [-0.1, -0.05) is 32.4 Å². The normalized spacial score (nSPS) is 14.1. The van der Waals surface area contributed by atoms with Crippen LogP contribution in [0.1, 0.15) is 33.0 Å². The maximum atomic E-state index is 14.2. The molecule has 8 nitrogen and oxygen atoms in total. The van der Waals surface area contributed by atoms with E-state index in [2.05, 4.69) is 31.1 Å². The largest absolute Gasteiger partial charge is 0.415 e. The van der Waals surface area contributed by atoms with Gasteiger partial charge in [0.1, 0.15) is 6.54 Å². The number of halogens is 8. The zero-order valence-electron chi connectivity index (χ0n) is 22.2. The highest BCUT2D eigenvalue weighted by molar-refractivity contribution is 9.10. The summed E-state index contributed by atoms with van der Waals surface area (Å²) in [6.07, 6.45) is -12.7. The van der Waals surface area contributed by atoms with E-state index in [0.717, 1.165) is 13.9 Å². The van der Waals surface area contributed by atoms with Gasteiger partial charge in [-0.15, -0.1) is 5.10 Å². The van der Waals surface area contributed by atoms with Crippen LogP contribution >= 0.6 is 27.5 Å². The molecule has 3 aromatic rings. The third-order valence-electron chi connectivity index (χ3n) is 6.55. The Morgan fingerprint density at radius 2 is 1.62 bits per heavy atom. The topological polar surface area (TPSA) is 79.8 Å². The molecule has 0 N–H and O–H groups in total. The number of aromatic nitrogens is 6. The summed E-state index contributed by atoms with van der Waals surface area (Å²) in [5, 5.41) is 8.05. The molecule has 0 aliphatic heterocycles. The highest BCUT2D eigenvalue weighted by atomic mass is 79.9. The summed E-state index contributed by atoms with van der Waals surface area (Å²) in [7, 11) is -2.92. The first kappa shape index (κ1) is 32.3. The van der Waals surface area contributed by atoms with Crippen molar-refractivity contribution in [3.05, 3.63) is 50.3 Å². The molecule has 0 fully saturated rings. The first-order valence-electron chi connectivity index (χ1n) is 12.0. The Hall–Kier alpha value is -2.17. The van der Waals surface area contributed by atoms with E-state index < -0.39 is 63.6 Å². The Morgan fingerprint density at radius 1 is 1.02 bits per heavy atom. The molecule has 0 aliphatic carbocycles. The minimum absolute atomic E-state index is 0.00272. The highest BCUT2D eigenvalue weighted by Gasteiger charge is 2.48. The maximum absolute atomic E-state index is 14.2. The molecule has 17 heteroatoms. The number of hydrogen-bond donors (Lipinski definition) is 0. The van der Waals surface area contributed by atoms with Crippen molar-refractivity contribution in [1.29, 1.82) is 0 Å². The van der Waals surface area contributed by atoms with E-state index in [0.29, 0.717) is 10.6 Å². The van der Waals surface area contributed by atoms with Crippen LogP contribution in [0.15, 0.2) is 33.8 Å². The van der Waals surface area contributed by atoms with Gasteiger partial charge < -0.3 is 4.43 Å². The third kappa shape index (κ3) is 7.97. The number of nitrogens with zero attached hydrogens (tertiary/aromatic N) is 6. The van der Waals surface area contributed by atoms with Crippen LogP contribution < -0.4 is 5.69 Å². The van der Waals surface area contributed by atoms with Crippen molar-refractivity contribution in [3.8, 4) is 11.4 Å². The average Bonchev–Trinajstić information content (AvgIpc) is 3.30. The Bertz CT molecular complexity index is 1380. The van der Waals surface area contributed by atoms with Crippen molar-refractivity contribution in [2.24, 2.45) is 0 Å². The first-order chi connectivity index (χ1) is 18.2. The van der Waals surface area contributed by atoms with E-state index in [1.54, 1.807) is 33.9 Å². The van der Waals surface area contributed by atoms with Gasteiger partial charge in [0.25, 0.3) is 0 Å². The number of rotatable bonds is 9. The van der Waals surface area contributed by atoms with Crippen molar-refractivity contribution in [1.82, 2.24) is 29.1 Å². The van der Waals surface area contributed by atoms with Crippen molar-refractivity contribution in [3.63, 3.8) is 0 Å². The number of benzene rings is 1. The molecular formula is C23H28BrClF6N6O2Si. The van der Waals surface area contributed by atoms with Crippen LogP contribution in [-0.2, 0) is 24.1 Å². The Morgan fingerprint density at radius 3 is 2.15 bits per heavy atom. The quantitative estimate of drug-likeness (QED) is 0.187. The van der Waals surface area contributed by atoms with Crippen LogP contribution in [-0.4, -0.2) is 55.9 Å². The lowest BCUT2D eigenvalue weighted by Gasteiger charge is -2.39. The second-order valence-electron chi connectivity index (χ2n) is 10.7. The van der Waals surface area contributed by atoms with Gasteiger partial charge in [0.15, 0.2) is 30.8 Å². The molecule has 0 radical (unpaired) electrons. The van der Waals surface area contributed by atoms with E-state index >= 15 is 0 Å². The van der Waals surface area contributed by atoms with Crippen LogP contribution in [0.25, 0.3) is 11.4 Å². The predicted molar refractivity (Wildman–Crippen MR) is 143 cm³/mol. The van der Waals surface area contributed by atoms with Gasteiger partial charge in [0.2, 0.25) is 0 Å². The molecule has 222 valence electrons. The fourth-order valence-electron chi connectivity index (χ4n) is 3.37. The molecule has 0 saturated carbocycles. The molecule has 0 bridgehead atoms. The van der Waals surface area contributed by atoms with Crippen molar-refractivity contribution >= 4 is 35.8 Å². The number of aryl methyl sites for hydroxylation is 1. The first-order valence-corrected chi connectivity index (χ1v) is 16.1. The van der Waals surface area contributed by atoms with Gasteiger partial charge in [-0.25, -0.2) is 19.1 Å². The van der Waals surface area contributed by atoms with Gasteiger partial charge in [0.05, 0.1) is 19.5 Å². The summed E-state index contributed by atoms with van der Waals surface area (Å²) in [4.78, 5) is 17.4. The summed E-state index contributed by atoms with van der Waals surface area (Å²) >= 11 is 9.00. The predicted octanol–water partition coefficient (Wildman–Crippen LogP) is 6.67. The lowest BCUT2D eigenvalue weighted by atomic mass is 10.2. The minimum atomic E-state index is -4.79. The van der Waals surface area contributed by atoms with Gasteiger partial charge in [-0.2, -0.15) is 31.4 Å². The van der Waals surface area contributed by atoms with E-state index in [4.69, 9.17) is 16.0 Å². The van der Waals surface area contributed by atoms with E-state index in [-0.39, 0.29) is 16.4 Å². The van der Waals surface area contributed by atoms with E-state index in [1.807, 2.05) is 0 Å². The van der Waals surface area contributed by atoms with Crippen LogP contribution in [0.3, 0.4) is 0 Å². The second-order valence-corrected chi connectivity index (χ2v) is 16.6. The third-order valence-corrected chi connectivity index (χ3v) is 11.9. The molecule has 40 heavy (non-hydrogen) atoms. The van der Waals surface area contributed by atoms with Crippen molar-refractivity contribution < 1.29 is 30.8 Å². The smallest absolute Gasteiger partial charge is 0.404 e. The lowest BCUT2D eigenvalue weighted by molar-refractivity contribution is -0.202. The lowest BCUT2D eigenvalue weighted by Crippen LogP contribution is -2.50. The van der Waals surface area contributed by atoms with Gasteiger partial charge >= 0.3 is 18.0 Å². The molecule has 1 atom stereocenters. The molecule has 1 unspecified atom stereocenters. The second kappa shape index (κ2) is 11.6. The molecule has 0 amide bonds. The van der Waals surface area contributed by atoms with Crippen LogP contribution in [0.5, 0.6) is 0 Å². The Balaban J connectivity index is 2.03. The fourth-order valence-corrected chi connectivity index (χ4v) is 5.23. The fraction of sp³-hybridized carbons (Fsp3) is 0.565. The van der Waals surface area contributed by atoms with Crippen molar-refractivity contribution in [2.45, 2.75) is 83.4 Å². The molecule has 2 heterocycles. The van der Waals surface area contributed by atoms with E-state index in [9.17, 15) is 31.1 Å². The SMILES string of the molecule is CC(C)(C)[Si](C)(C)OC(Cn1c(-c2ccc(Cl)cc2)nn(Cc2nc(Br)n(CCC(F)(F)F)n2)c1=O)C(F)(F)F. The molecular weight excluding hydrogens is 650 g/mol.